The highest BCUT2D eigenvalue weighted by molar-refractivity contribution is 5.20. The van der Waals surface area contributed by atoms with Crippen molar-refractivity contribution in [3.63, 3.8) is 0 Å². The van der Waals surface area contributed by atoms with Gasteiger partial charge in [0.2, 0.25) is 0 Å². The zero-order valence-electron chi connectivity index (χ0n) is 10.1. The predicted molar refractivity (Wildman–Crippen MR) is 60.6 cm³/mol. The number of hydrogen-bond donors (Lipinski definition) is 1. The van der Waals surface area contributed by atoms with Crippen molar-refractivity contribution >= 4 is 0 Å². The molecule has 6 heteroatoms. The van der Waals surface area contributed by atoms with Gasteiger partial charge in [0, 0.05) is 6.04 Å². The van der Waals surface area contributed by atoms with Crippen molar-refractivity contribution in [3.8, 4) is 0 Å². The molecule has 0 saturated carbocycles. The fourth-order valence-corrected chi connectivity index (χ4v) is 2.50. The molecule has 1 N–H and O–H groups in total. The van der Waals surface area contributed by atoms with Gasteiger partial charge >= 0.3 is 6.18 Å². The topological polar surface area (TPSA) is 12.0 Å². The molecule has 106 valence electrons. The largest absolute Gasteiger partial charge is 0.393 e. The van der Waals surface area contributed by atoms with Crippen molar-refractivity contribution in [1.29, 1.82) is 0 Å². The van der Waals surface area contributed by atoms with Crippen LogP contribution in [-0.2, 0) is 6.42 Å². The summed E-state index contributed by atoms with van der Waals surface area (Å²) in [6.45, 7) is 0.466. The summed E-state index contributed by atoms with van der Waals surface area (Å²) in [6.07, 6.45) is -4.01. The molecule has 0 aromatic heterocycles. The summed E-state index contributed by atoms with van der Waals surface area (Å²) >= 11 is 0. The van der Waals surface area contributed by atoms with Crippen molar-refractivity contribution in [1.82, 2.24) is 5.32 Å². The molecule has 0 spiro atoms. The Hall–Kier alpha value is -1.17. The molecule has 19 heavy (non-hydrogen) atoms. The van der Waals surface area contributed by atoms with Crippen LogP contribution in [0.5, 0.6) is 0 Å². The Bertz CT molecular complexity index is 443. The first-order chi connectivity index (χ1) is 8.89. The molecule has 2 rings (SSSR count). The molecule has 0 bridgehead atoms. The SMILES string of the molecule is Fc1cccc(CC2NCCCC2C(F)(F)F)c1F. The molecular formula is C13H14F5N. The van der Waals surface area contributed by atoms with E-state index < -0.39 is 29.8 Å². The fourth-order valence-electron chi connectivity index (χ4n) is 2.50. The van der Waals surface area contributed by atoms with Gasteiger partial charge in [-0.15, -0.1) is 0 Å². The Morgan fingerprint density at radius 1 is 1.21 bits per heavy atom. The van der Waals surface area contributed by atoms with E-state index in [4.69, 9.17) is 0 Å². The highest BCUT2D eigenvalue weighted by Gasteiger charge is 2.45. The first-order valence-corrected chi connectivity index (χ1v) is 6.12. The van der Waals surface area contributed by atoms with Gasteiger partial charge in [-0.3, -0.25) is 0 Å². The van der Waals surface area contributed by atoms with Gasteiger partial charge < -0.3 is 5.32 Å². The minimum absolute atomic E-state index is 0.0198. The van der Waals surface area contributed by atoms with Crippen molar-refractivity contribution in [2.45, 2.75) is 31.5 Å². The number of benzene rings is 1. The monoisotopic (exact) mass is 279 g/mol. The summed E-state index contributed by atoms with van der Waals surface area (Å²) < 4.78 is 65.1. The molecule has 1 nitrogen and oxygen atoms in total. The second-order valence-electron chi connectivity index (χ2n) is 4.77. The maximum absolute atomic E-state index is 13.5. The summed E-state index contributed by atoms with van der Waals surface area (Å²) in [4.78, 5) is 0. The Balaban J connectivity index is 2.18. The number of rotatable bonds is 2. The Morgan fingerprint density at radius 2 is 1.95 bits per heavy atom. The number of alkyl halides is 3. The lowest BCUT2D eigenvalue weighted by Gasteiger charge is -2.34. The lowest BCUT2D eigenvalue weighted by molar-refractivity contribution is -0.188. The van der Waals surface area contributed by atoms with E-state index in [0.717, 1.165) is 6.07 Å². The summed E-state index contributed by atoms with van der Waals surface area (Å²) in [5, 5.41) is 2.76. The lowest BCUT2D eigenvalue weighted by Crippen LogP contribution is -2.48. The van der Waals surface area contributed by atoms with Crippen LogP contribution in [0.4, 0.5) is 22.0 Å². The average Bonchev–Trinajstić information content (AvgIpc) is 2.34. The van der Waals surface area contributed by atoms with Gasteiger partial charge in [-0.05, 0) is 37.4 Å². The molecule has 0 radical (unpaired) electrons. The van der Waals surface area contributed by atoms with Crippen molar-refractivity contribution in [3.05, 3.63) is 35.4 Å². The van der Waals surface area contributed by atoms with E-state index in [9.17, 15) is 22.0 Å². The predicted octanol–water partition coefficient (Wildman–Crippen LogP) is 3.44. The van der Waals surface area contributed by atoms with E-state index in [1.54, 1.807) is 0 Å². The molecule has 1 fully saturated rings. The van der Waals surface area contributed by atoms with Gasteiger partial charge in [-0.1, -0.05) is 12.1 Å². The summed E-state index contributed by atoms with van der Waals surface area (Å²) in [5.74, 6) is -3.60. The first kappa shape index (κ1) is 14.2. The van der Waals surface area contributed by atoms with Crippen LogP contribution < -0.4 is 5.32 Å². The minimum atomic E-state index is -4.32. The van der Waals surface area contributed by atoms with Crippen LogP contribution >= 0.6 is 0 Å². The van der Waals surface area contributed by atoms with Crippen molar-refractivity contribution < 1.29 is 22.0 Å². The highest BCUT2D eigenvalue weighted by atomic mass is 19.4. The summed E-state index contributed by atoms with van der Waals surface area (Å²) in [7, 11) is 0. The van der Waals surface area contributed by atoms with Gasteiger partial charge in [0.1, 0.15) is 0 Å². The zero-order chi connectivity index (χ0) is 14.0. The van der Waals surface area contributed by atoms with Crippen LogP contribution in [0.1, 0.15) is 18.4 Å². The summed E-state index contributed by atoms with van der Waals surface area (Å²) in [6, 6.07) is 2.68. The van der Waals surface area contributed by atoms with E-state index in [0.29, 0.717) is 13.0 Å². The van der Waals surface area contributed by atoms with Gasteiger partial charge in [0.25, 0.3) is 0 Å². The van der Waals surface area contributed by atoms with Gasteiger partial charge in [-0.2, -0.15) is 13.2 Å². The Labute approximate surface area is 107 Å². The standard InChI is InChI=1S/C13H14F5N/c14-10-5-1-3-8(12(10)15)7-11-9(13(16,17)18)4-2-6-19-11/h1,3,5,9,11,19H,2,4,6-7H2. The van der Waals surface area contributed by atoms with Gasteiger partial charge in [0.05, 0.1) is 5.92 Å². The maximum atomic E-state index is 13.5. The second-order valence-corrected chi connectivity index (χ2v) is 4.77. The number of halogens is 5. The van der Waals surface area contributed by atoms with Gasteiger partial charge in [-0.25, -0.2) is 8.78 Å². The maximum Gasteiger partial charge on any atom is 0.393 e. The molecule has 1 heterocycles. The van der Waals surface area contributed by atoms with Crippen LogP contribution in [0, 0.1) is 17.6 Å². The molecule has 1 aromatic rings. The van der Waals surface area contributed by atoms with E-state index >= 15 is 0 Å². The average molecular weight is 279 g/mol. The molecule has 1 aliphatic rings. The number of hydrogen-bond acceptors (Lipinski definition) is 1. The smallest absolute Gasteiger partial charge is 0.313 e. The third kappa shape index (κ3) is 3.23. The zero-order valence-corrected chi connectivity index (χ0v) is 10.1. The molecule has 1 saturated heterocycles. The van der Waals surface area contributed by atoms with E-state index in [-0.39, 0.29) is 18.4 Å². The van der Waals surface area contributed by atoms with E-state index in [2.05, 4.69) is 5.32 Å². The van der Waals surface area contributed by atoms with E-state index in [1.165, 1.54) is 12.1 Å². The van der Waals surface area contributed by atoms with Crippen LogP contribution in [0.15, 0.2) is 18.2 Å². The van der Waals surface area contributed by atoms with Crippen molar-refractivity contribution in [2.24, 2.45) is 5.92 Å². The van der Waals surface area contributed by atoms with Crippen LogP contribution in [0.2, 0.25) is 0 Å². The minimum Gasteiger partial charge on any atom is -0.313 e. The highest BCUT2D eigenvalue weighted by Crippen LogP contribution is 2.35. The van der Waals surface area contributed by atoms with Gasteiger partial charge in [0.15, 0.2) is 11.6 Å². The third-order valence-corrected chi connectivity index (χ3v) is 3.48. The second kappa shape index (κ2) is 5.45. The molecule has 2 unspecified atom stereocenters. The Kier molecular flexibility index (Phi) is 4.08. The fraction of sp³-hybridized carbons (Fsp3) is 0.538. The third-order valence-electron chi connectivity index (χ3n) is 3.48. The van der Waals surface area contributed by atoms with Crippen molar-refractivity contribution in [2.75, 3.05) is 6.54 Å². The molecule has 1 aliphatic heterocycles. The number of piperidine rings is 1. The first-order valence-electron chi connectivity index (χ1n) is 6.12. The molecular weight excluding hydrogens is 265 g/mol. The lowest BCUT2D eigenvalue weighted by atomic mass is 9.86. The molecule has 0 aliphatic carbocycles. The van der Waals surface area contributed by atoms with Crippen LogP contribution in [-0.4, -0.2) is 18.8 Å². The molecule has 2 atom stereocenters. The molecule has 0 amide bonds. The van der Waals surface area contributed by atoms with Crippen LogP contribution in [0.3, 0.4) is 0 Å². The Morgan fingerprint density at radius 3 is 2.63 bits per heavy atom. The quantitative estimate of drug-likeness (QED) is 0.818. The normalized spacial score (nSPS) is 24.5. The summed E-state index contributed by atoms with van der Waals surface area (Å²) in [5.41, 5.74) is -0.0198. The molecule has 1 aromatic carbocycles. The van der Waals surface area contributed by atoms with E-state index in [1.807, 2.05) is 0 Å². The van der Waals surface area contributed by atoms with Crippen LogP contribution in [0.25, 0.3) is 0 Å². The number of nitrogens with one attached hydrogen (secondary N) is 1.